The monoisotopic (exact) mass is 497 g/mol. The number of piperidine rings is 1. The summed E-state index contributed by atoms with van der Waals surface area (Å²) in [6, 6.07) is 7.60. The number of para-hydroxylation sites is 1. The lowest BCUT2D eigenvalue weighted by Gasteiger charge is -2.45. The summed E-state index contributed by atoms with van der Waals surface area (Å²) < 4.78 is 40.0. The van der Waals surface area contributed by atoms with E-state index in [1.54, 1.807) is 18.1 Å². The number of amides is 3. The number of carboxylic acids is 1. The molecule has 1 saturated heterocycles. The SMILES string of the molecule is CNC(=O)C1Cn2ccnc2C2(CCN(C(=O)Nc3ccccc3C)CC2)O1.O=C(O)C(F)(F)F. The first-order valence-electron chi connectivity index (χ1n) is 10.8. The third-order valence-corrected chi connectivity index (χ3v) is 5.88. The van der Waals surface area contributed by atoms with Crippen LogP contribution in [0.15, 0.2) is 36.7 Å². The second-order valence-corrected chi connectivity index (χ2v) is 8.15. The Bertz CT molecular complexity index is 1080. The number of nitrogens with one attached hydrogen (secondary N) is 2. The van der Waals surface area contributed by atoms with Crippen molar-refractivity contribution in [2.75, 3.05) is 25.5 Å². The Kier molecular flexibility index (Phi) is 7.68. The molecule has 1 spiro atoms. The number of likely N-dealkylation sites (N-methyl/N-ethyl adjacent to an activating group) is 1. The van der Waals surface area contributed by atoms with Crippen LogP contribution >= 0.6 is 0 Å². The zero-order chi connectivity index (χ0) is 25.8. The predicted molar refractivity (Wildman–Crippen MR) is 118 cm³/mol. The minimum Gasteiger partial charge on any atom is -0.475 e. The number of benzene rings is 1. The molecule has 0 bridgehead atoms. The normalized spacial score (nSPS) is 18.7. The van der Waals surface area contributed by atoms with E-state index in [0.717, 1.165) is 17.1 Å². The van der Waals surface area contributed by atoms with Gasteiger partial charge in [-0.2, -0.15) is 13.2 Å². The van der Waals surface area contributed by atoms with Crippen LogP contribution in [0.4, 0.5) is 23.7 Å². The van der Waals surface area contributed by atoms with Crippen molar-refractivity contribution in [2.45, 2.75) is 44.2 Å². The van der Waals surface area contributed by atoms with Gasteiger partial charge in [-0.25, -0.2) is 14.6 Å². The molecule has 1 atom stereocenters. The fraction of sp³-hybridized carbons (Fsp3) is 0.455. The number of likely N-dealkylation sites (tertiary alicyclic amines) is 1. The van der Waals surface area contributed by atoms with Crippen molar-refractivity contribution in [3.63, 3.8) is 0 Å². The molecule has 0 radical (unpaired) electrons. The van der Waals surface area contributed by atoms with Crippen molar-refractivity contribution in [2.24, 2.45) is 0 Å². The molecular formula is C22H26F3N5O5. The molecule has 0 aliphatic carbocycles. The molecule has 1 aromatic heterocycles. The molecule has 190 valence electrons. The van der Waals surface area contributed by atoms with Gasteiger partial charge in [0.1, 0.15) is 11.4 Å². The fourth-order valence-electron chi connectivity index (χ4n) is 4.01. The van der Waals surface area contributed by atoms with Crippen LogP contribution < -0.4 is 10.6 Å². The zero-order valence-electron chi connectivity index (χ0n) is 19.1. The number of urea groups is 1. The molecule has 3 N–H and O–H groups in total. The summed E-state index contributed by atoms with van der Waals surface area (Å²) in [5, 5.41) is 12.8. The Morgan fingerprint density at radius 3 is 2.40 bits per heavy atom. The number of imidazole rings is 1. The average Bonchev–Trinajstić information content (AvgIpc) is 3.30. The van der Waals surface area contributed by atoms with Crippen LogP contribution in [-0.2, 0) is 26.5 Å². The number of halogens is 3. The summed E-state index contributed by atoms with van der Waals surface area (Å²) in [7, 11) is 1.61. The summed E-state index contributed by atoms with van der Waals surface area (Å²) >= 11 is 0. The Labute approximate surface area is 199 Å². The lowest BCUT2D eigenvalue weighted by molar-refractivity contribution is -0.192. The molecule has 1 fully saturated rings. The van der Waals surface area contributed by atoms with Crippen molar-refractivity contribution in [1.29, 1.82) is 0 Å². The number of rotatable bonds is 2. The largest absolute Gasteiger partial charge is 0.490 e. The molecular weight excluding hydrogens is 471 g/mol. The van der Waals surface area contributed by atoms with Crippen LogP contribution in [0.3, 0.4) is 0 Å². The van der Waals surface area contributed by atoms with E-state index in [0.29, 0.717) is 32.5 Å². The molecule has 2 aromatic rings. The van der Waals surface area contributed by atoms with Crippen LogP contribution in [0.1, 0.15) is 24.2 Å². The van der Waals surface area contributed by atoms with Crippen LogP contribution in [0.25, 0.3) is 0 Å². The molecule has 35 heavy (non-hydrogen) atoms. The van der Waals surface area contributed by atoms with Crippen molar-refractivity contribution >= 4 is 23.6 Å². The molecule has 13 heteroatoms. The summed E-state index contributed by atoms with van der Waals surface area (Å²) in [4.78, 5) is 40.1. The third kappa shape index (κ3) is 5.91. The second-order valence-electron chi connectivity index (χ2n) is 8.15. The molecule has 2 aliphatic rings. The lowest BCUT2D eigenvalue weighted by Crippen LogP contribution is -2.54. The van der Waals surface area contributed by atoms with E-state index in [2.05, 4.69) is 15.6 Å². The molecule has 3 amide bonds. The number of aryl methyl sites for hydroxylation is 1. The van der Waals surface area contributed by atoms with Crippen molar-refractivity contribution < 1.29 is 37.4 Å². The standard InChI is InChI=1S/C20H25N5O3.C2HF3O2/c1-14-5-3-4-6-15(14)23-19(27)24-10-7-20(8-11-24)18-22-9-12-25(18)13-16(28-20)17(26)21-2;3-2(4,5)1(6)7/h3-6,9,12,16H,7-8,10-11,13H2,1-2H3,(H,21,26)(H,23,27);(H,6,7). The van der Waals surface area contributed by atoms with Crippen LogP contribution in [-0.4, -0.2) is 69.9 Å². The molecule has 1 aromatic carbocycles. The van der Waals surface area contributed by atoms with Gasteiger partial charge in [0, 0.05) is 51.1 Å². The number of anilines is 1. The first-order chi connectivity index (χ1) is 16.5. The third-order valence-electron chi connectivity index (χ3n) is 5.88. The maximum Gasteiger partial charge on any atom is 0.490 e. The predicted octanol–water partition coefficient (Wildman–Crippen LogP) is 2.49. The Hall–Kier alpha value is -3.61. The van der Waals surface area contributed by atoms with E-state index in [-0.39, 0.29) is 11.9 Å². The number of carbonyl (C=O) groups is 3. The van der Waals surface area contributed by atoms with Gasteiger partial charge in [0.2, 0.25) is 0 Å². The van der Waals surface area contributed by atoms with Gasteiger partial charge in [-0.15, -0.1) is 0 Å². The second kappa shape index (κ2) is 10.3. The number of aliphatic carboxylic acids is 1. The van der Waals surface area contributed by atoms with Crippen molar-refractivity contribution in [3.8, 4) is 0 Å². The minimum absolute atomic E-state index is 0.119. The highest BCUT2D eigenvalue weighted by atomic mass is 19.4. The van der Waals surface area contributed by atoms with E-state index in [4.69, 9.17) is 14.6 Å². The molecule has 4 rings (SSSR count). The summed E-state index contributed by atoms with van der Waals surface area (Å²) in [6.45, 7) is 3.49. The first kappa shape index (κ1) is 26.0. The van der Waals surface area contributed by atoms with Gasteiger partial charge in [0.05, 0.1) is 6.54 Å². The highest BCUT2D eigenvalue weighted by molar-refractivity contribution is 5.90. The van der Waals surface area contributed by atoms with Gasteiger partial charge < -0.3 is 29.9 Å². The molecule has 10 nitrogen and oxygen atoms in total. The van der Waals surface area contributed by atoms with E-state index in [1.165, 1.54) is 0 Å². The molecule has 3 heterocycles. The van der Waals surface area contributed by atoms with Gasteiger partial charge in [0.15, 0.2) is 6.10 Å². The summed E-state index contributed by atoms with van der Waals surface area (Å²) in [6.07, 6.45) is -0.826. The van der Waals surface area contributed by atoms with E-state index >= 15 is 0 Å². The van der Waals surface area contributed by atoms with Crippen molar-refractivity contribution in [3.05, 3.63) is 48.0 Å². The van der Waals surface area contributed by atoms with Crippen LogP contribution in [0, 0.1) is 6.92 Å². The number of carbonyl (C=O) groups excluding carboxylic acids is 2. The highest BCUT2D eigenvalue weighted by Crippen LogP contribution is 2.40. The molecule has 0 saturated carbocycles. The van der Waals surface area contributed by atoms with Gasteiger partial charge >= 0.3 is 18.2 Å². The van der Waals surface area contributed by atoms with Gasteiger partial charge in [-0.05, 0) is 18.6 Å². The number of hydrogen-bond acceptors (Lipinski definition) is 5. The van der Waals surface area contributed by atoms with Crippen LogP contribution in [0.2, 0.25) is 0 Å². The summed E-state index contributed by atoms with van der Waals surface area (Å²) in [5.74, 6) is -2.06. The summed E-state index contributed by atoms with van der Waals surface area (Å²) in [5.41, 5.74) is 1.20. The molecule has 1 unspecified atom stereocenters. The quantitative estimate of drug-likeness (QED) is 0.586. The number of aromatic nitrogens is 2. The Balaban J connectivity index is 0.000000429. The number of alkyl halides is 3. The van der Waals surface area contributed by atoms with Crippen molar-refractivity contribution in [1.82, 2.24) is 19.8 Å². The maximum absolute atomic E-state index is 12.7. The van der Waals surface area contributed by atoms with E-state index in [1.807, 2.05) is 42.0 Å². The fourth-order valence-corrected chi connectivity index (χ4v) is 4.01. The number of nitrogens with zero attached hydrogens (tertiary/aromatic N) is 3. The van der Waals surface area contributed by atoms with Gasteiger partial charge in [0.25, 0.3) is 5.91 Å². The van der Waals surface area contributed by atoms with E-state index < -0.39 is 23.9 Å². The number of ether oxygens (including phenoxy) is 1. The zero-order valence-corrected chi connectivity index (χ0v) is 19.1. The number of carboxylic acid groups (broad SMARTS) is 1. The Morgan fingerprint density at radius 2 is 1.83 bits per heavy atom. The number of hydrogen-bond donors (Lipinski definition) is 3. The minimum atomic E-state index is -5.08. The lowest BCUT2D eigenvalue weighted by atomic mass is 9.88. The van der Waals surface area contributed by atoms with Crippen LogP contribution in [0.5, 0.6) is 0 Å². The van der Waals surface area contributed by atoms with E-state index in [9.17, 15) is 22.8 Å². The molecule has 2 aliphatic heterocycles. The maximum atomic E-state index is 12.7. The number of fused-ring (bicyclic) bond motifs is 2. The smallest absolute Gasteiger partial charge is 0.475 e. The highest BCUT2D eigenvalue weighted by Gasteiger charge is 2.47. The average molecular weight is 497 g/mol. The first-order valence-corrected chi connectivity index (χ1v) is 10.8. The topological polar surface area (TPSA) is 126 Å². The van der Waals surface area contributed by atoms with Gasteiger partial charge in [-0.1, -0.05) is 18.2 Å². The Morgan fingerprint density at radius 1 is 1.20 bits per heavy atom. The van der Waals surface area contributed by atoms with Gasteiger partial charge in [-0.3, -0.25) is 4.79 Å².